The summed E-state index contributed by atoms with van der Waals surface area (Å²) >= 11 is 2.04. The standard InChI is InChI=1S/C10H22N2S/c1-4-13-6-5-12-9(2)7-11-8-10(12)3/h9-11H,4-8H2,1-3H3. The summed E-state index contributed by atoms with van der Waals surface area (Å²) in [6.07, 6.45) is 0. The molecule has 13 heavy (non-hydrogen) atoms. The van der Waals surface area contributed by atoms with Gasteiger partial charge in [0.25, 0.3) is 0 Å². The van der Waals surface area contributed by atoms with Crippen LogP contribution in [0.2, 0.25) is 0 Å². The Kier molecular flexibility index (Phi) is 5.14. The second-order valence-corrected chi connectivity index (χ2v) is 5.18. The molecule has 1 N–H and O–H groups in total. The van der Waals surface area contributed by atoms with E-state index >= 15 is 0 Å². The molecule has 3 heteroatoms. The Bertz CT molecular complexity index is 131. The van der Waals surface area contributed by atoms with E-state index in [-0.39, 0.29) is 0 Å². The minimum Gasteiger partial charge on any atom is -0.314 e. The second-order valence-electron chi connectivity index (χ2n) is 3.79. The van der Waals surface area contributed by atoms with Gasteiger partial charge in [0, 0.05) is 37.5 Å². The molecule has 0 aromatic heterocycles. The van der Waals surface area contributed by atoms with Crippen molar-refractivity contribution in [3.63, 3.8) is 0 Å². The predicted octanol–water partition coefficient (Wildman–Crippen LogP) is 1.42. The van der Waals surface area contributed by atoms with Gasteiger partial charge in [0.05, 0.1) is 0 Å². The molecule has 1 aliphatic heterocycles. The van der Waals surface area contributed by atoms with E-state index in [1.807, 2.05) is 11.8 Å². The van der Waals surface area contributed by atoms with Gasteiger partial charge in [-0.1, -0.05) is 6.92 Å². The second kappa shape index (κ2) is 5.89. The molecule has 0 radical (unpaired) electrons. The van der Waals surface area contributed by atoms with Crippen molar-refractivity contribution in [2.24, 2.45) is 0 Å². The van der Waals surface area contributed by atoms with Crippen LogP contribution in [0.25, 0.3) is 0 Å². The zero-order valence-electron chi connectivity index (χ0n) is 9.05. The number of nitrogens with zero attached hydrogens (tertiary/aromatic N) is 1. The normalized spacial score (nSPS) is 30.7. The molecule has 0 spiro atoms. The number of nitrogens with one attached hydrogen (secondary N) is 1. The third-order valence-corrected chi connectivity index (χ3v) is 3.59. The molecule has 78 valence electrons. The zero-order chi connectivity index (χ0) is 9.68. The van der Waals surface area contributed by atoms with E-state index < -0.39 is 0 Å². The van der Waals surface area contributed by atoms with E-state index in [0.717, 1.165) is 13.1 Å². The Hall–Kier alpha value is 0.270. The number of hydrogen-bond donors (Lipinski definition) is 1. The number of thioether (sulfide) groups is 1. The van der Waals surface area contributed by atoms with Crippen LogP contribution in [0.4, 0.5) is 0 Å². The van der Waals surface area contributed by atoms with Crippen LogP contribution in [0.15, 0.2) is 0 Å². The molecule has 2 unspecified atom stereocenters. The highest BCUT2D eigenvalue weighted by Crippen LogP contribution is 2.10. The van der Waals surface area contributed by atoms with Crippen molar-refractivity contribution >= 4 is 11.8 Å². The quantitative estimate of drug-likeness (QED) is 0.694. The highest BCUT2D eigenvalue weighted by molar-refractivity contribution is 7.99. The smallest absolute Gasteiger partial charge is 0.0196 e. The van der Waals surface area contributed by atoms with Gasteiger partial charge in [-0.05, 0) is 19.6 Å². The lowest BCUT2D eigenvalue weighted by molar-refractivity contribution is 0.126. The van der Waals surface area contributed by atoms with Crippen molar-refractivity contribution in [2.45, 2.75) is 32.9 Å². The molecule has 1 heterocycles. The van der Waals surface area contributed by atoms with Crippen LogP contribution < -0.4 is 5.32 Å². The van der Waals surface area contributed by atoms with Crippen LogP contribution in [0, 0.1) is 0 Å². The lowest BCUT2D eigenvalue weighted by Crippen LogP contribution is -2.55. The third-order valence-electron chi connectivity index (χ3n) is 2.71. The molecule has 1 fully saturated rings. The van der Waals surface area contributed by atoms with Gasteiger partial charge in [-0.15, -0.1) is 0 Å². The predicted molar refractivity (Wildman–Crippen MR) is 61.5 cm³/mol. The van der Waals surface area contributed by atoms with E-state index in [1.54, 1.807) is 0 Å². The fourth-order valence-electron chi connectivity index (χ4n) is 1.93. The van der Waals surface area contributed by atoms with Crippen molar-refractivity contribution in [1.82, 2.24) is 10.2 Å². The maximum Gasteiger partial charge on any atom is 0.0196 e. The van der Waals surface area contributed by atoms with Gasteiger partial charge in [-0.25, -0.2) is 0 Å². The van der Waals surface area contributed by atoms with Crippen molar-refractivity contribution in [1.29, 1.82) is 0 Å². The average molecular weight is 202 g/mol. The zero-order valence-corrected chi connectivity index (χ0v) is 9.86. The van der Waals surface area contributed by atoms with Gasteiger partial charge in [-0.2, -0.15) is 11.8 Å². The lowest BCUT2D eigenvalue weighted by Gasteiger charge is -2.39. The first-order valence-corrected chi connectivity index (χ1v) is 6.45. The summed E-state index contributed by atoms with van der Waals surface area (Å²) in [5.74, 6) is 2.53. The SMILES string of the molecule is CCSCCN1C(C)CNCC1C. The van der Waals surface area contributed by atoms with Crippen LogP contribution in [-0.4, -0.2) is 48.1 Å². The number of hydrogen-bond acceptors (Lipinski definition) is 3. The average Bonchev–Trinajstić information content (AvgIpc) is 2.10. The van der Waals surface area contributed by atoms with Crippen LogP contribution in [-0.2, 0) is 0 Å². The molecular formula is C10H22N2S. The molecule has 0 saturated carbocycles. The minimum absolute atomic E-state index is 0.709. The Balaban J connectivity index is 2.26. The van der Waals surface area contributed by atoms with Gasteiger partial charge in [0.2, 0.25) is 0 Å². The maximum atomic E-state index is 3.46. The first-order valence-electron chi connectivity index (χ1n) is 5.30. The van der Waals surface area contributed by atoms with E-state index in [0.29, 0.717) is 12.1 Å². The van der Waals surface area contributed by atoms with E-state index in [1.165, 1.54) is 18.1 Å². The van der Waals surface area contributed by atoms with Gasteiger partial charge in [0.1, 0.15) is 0 Å². The summed E-state index contributed by atoms with van der Waals surface area (Å²) in [5.41, 5.74) is 0. The Morgan fingerprint density at radius 2 is 1.92 bits per heavy atom. The maximum absolute atomic E-state index is 3.46. The molecule has 0 aliphatic carbocycles. The third kappa shape index (κ3) is 3.49. The molecule has 0 amide bonds. The Labute approximate surface area is 86.5 Å². The summed E-state index contributed by atoms with van der Waals surface area (Å²) < 4.78 is 0. The lowest BCUT2D eigenvalue weighted by atomic mass is 10.1. The fraction of sp³-hybridized carbons (Fsp3) is 1.00. The summed E-state index contributed by atoms with van der Waals surface area (Å²) in [6.45, 7) is 10.4. The van der Waals surface area contributed by atoms with Crippen molar-refractivity contribution in [3.8, 4) is 0 Å². The molecule has 0 aromatic rings. The molecule has 2 nitrogen and oxygen atoms in total. The van der Waals surface area contributed by atoms with Gasteiger partial charge < -0.3 is 5.32 Å². The van der Waals surface area contributed by atoms with Crippen LogP contribution in [0.1, 0.15) is 20.8 Å². The highest BCUT2D eigenvalue weighted by Gasteiger charge is 2.23. The number of rotatable bonds is 4. The molecule has 0 bridgehead atoms. The van der Waals surface area contributed by atoms with E-state index in [9.17, 15) is 0 Å². The van der Waals surface area contributed by atoms with E-state index in [2.05, 4.69) is 31.0 Å². The minimum atomic E-state index is 0.709. The Morgan fingerprint density at radius 3 is 2.46 bits per heavy atom. The van der Waals surface area contributed by atoms with Gasteiger partial charge >= 0.3 is 0 Å². The monoisotopic (exact) mass is 202 g/mol. The first-order chi connectivity index (χ1) is 6.25. The Morgan fingerprint density at radius 1 is 1.31 bits per heavy atom. The van der Waals surface area contributed by atoms with Crippen molar-refractivity contribution in [2.75, 3.05) is 31.1 Å². The molecule has 1 rings (SSSR count). The summed E-state index contributed by atoms with van der Waals surface area (Å²) in [7, 11) is 0. The summed E-state index contributed by atoms with van der Waals surface area (Å²) in [5, 5.41) is 3.46. The molecule has 1 saturated heterocycles. The summed E-state index contributed by atoms with van der Waals surface area (Å²) in [4.78, 5) is 2.62. The molecular weight excluding hydrogens is 180 g/mol. The molecule has 1 aliphatic rings. The van der Waals surface area contributed by atoms with Gasteiger partial charge in [-0.3, -0.25) is 4.90 Å². The topological polar surface area (TPSA) is 15.3 Å². The fourth-order valence-corrected chi connectivity index (χ4v) is 2.55. The highest BCUT2D eigenvalue weighted by atomic mass is 32.2. The first kappa shape index (κ1) is 11.3. The van der Waals surface area contributed by atoms with Crippen LogP contribution in [0.3, 0.4) is 0 Å². The molecule has 0 aromatic carbocycles. The molecule has 2 atom stereocenters. The largest absolute Gasteiger partial charge is 0.314 e. The summed E-state index contributed by atoms with van der Waals surface area (Å²) in [6, 6.07) is 1.42. The van der Waals surface area contributed by atoms with E-state index in [4.69, 9.17) is 0 Å². The van der Waals surface area contributed by atoms with Crippen LogP contribution in [0.5, 0.6) is 0 Å². The van der Waals surface area contributed by atoms with Crippen LogP contribution >= 0.6 is 11.8 Å². The number of piperazine rings is 1. The van der Waals surface area contributed by atoms with Gasteiger partial charge in [0.15, 0.2) is 0 Å². The van der Waals surface area contributed by atoms with Crippen molar-refractivity contribution < 1.29 is 0 Å². The van der Waals surface area contributed by atoms with Crippen molar-refractivity contribution in [3.05, 3.63) is 0 Å².